The maximum Gasteiger partial charge on any atom is 0.293 e. The molecule has 0 atom stereocenters. The van der Waals surface area contributed by atoms with Crippen LogP contribution >= 0.6 is 39.3 Å². The van der Waals surface area contributed by atoms with E-state index in [-0.39, 0.29) is 28.1 Å². The Bertz CT molecular complexity index is 960. The Kier molecular flexibility index (Phi) is 6.47. The lowest BCUT2D eigenvalue weighted by atomic mass is 10.2. The van der Waals surface area contributed by atoms with Crippen LogP contribution in [0.5, 0.6) is 5.75 Å². The number of hydrogen-bond donors (Lipinski definition) is 0. The number of hydrogen-bond acceptors (Lipinski definition) is 4. The van der Waals surface area contributed by atoms with Crippen molar-refractivity contribution in [3.8, 4) is 5.75 Å². The molecular formula is C20H16BrClFNO3S. The van der Waals surface area contributed by atoms with Gasteiger partial charge in [-0.15, -0.1) is 0 Å². The Morgan fingerprint density at radius 3 is 2.68 bits per heavy atom. The summed E-state index contributed by atoms with van der Waals surface area (Å²) in [6, 6.07) is 9.63. The molecule has 1 saturated heterocycles. The first-order valence-corrected chi connectivity index (χ1v) is 10.4. The van der Waals surface area contributed by atoms with Crippen molar-refractivity contribution < 1.29 is 18.7 Å². The quantitative estimate of drug-likeness (QED) is 0.470. The first-order valence-electron chi connectivity index (χ1n) is 8.40. The first-order chi connectivity index (χ1) is 13.3. The highest BCUT2D eigenvalue weighted by molar-refractivity contribution is 9.10. The molecular weight excluding hydrogens is 469 g/mol. The van der Waals surface area contributed by atoms with E-state index in [0.29, 0.717) is 5.75 Å². The topological polar surface area (TPSA) is 46.6 Å². The molecule has 3 rings (SSSR count). The summed E-state index contributed by atoms with van der Waals surface area (Å²) in [7, 11) is 0. The number of imide groups is 1. The number of benzene rings is 2. The highest BCUT2D eigenvalue weighted by atomic mass is 79.9. The van der Waals surface area contributed by atoms with E-state index in [1.54, 1.807) is 24.3 Å². The Morgan fingerprint density at radius 2 is 2.04 bits per heavy atom. The molecule has 0 N–H and O–H groups in total. The molecule has 8 heteroatoms. The third-order valence-corrected chi connectivity index (χ3v) is 5.75. The molecule has 2 aromatic carbocycles. The molecule has 1 heterocycles. The number of halogens is 3. The second-order valence-electron chi connectivity index (χ2n) is 6.32. The van der Waals surface area contributed by atoms with Crippen LogP contribution in [0.1, 0.15) is 25.0 Å². The van der Waals surface area contributed by atoms with Crippen molar-refractivity contribution in [2.45, 2.75) is 26.5 Å². The van der Waals surface area contributed by atoms with Gasteiger partial charge in [0.1, 0.15) is 11.6 Å². The zero-order valence-electron chi connectivity index (χ0n) is 15.0. The largest absolute Gasteiger partial charge is 0.490 e. The van der Waals surface area contributed by atoms with Crippen LogP contribution in [-0.2, 0) is 11.3 Å². The summed E-state index contributed by atoms with van der Waals surface area (Å²) in [5, 5.41) is -0.290. The number of thioether (sulfide) groups is 1. The summed E-state index contributed by atoms with van der Waals surface area (Å²) < 4.78 is 20.4. The summed E-state index contributed by atoms with van der Waals surface area (Å²) in [6.45, 7) is 3.65. The van der Waals surface area contributed by atoms with Crippen molar-refractivity contribution in [2.75, 3.05) is 0 Å². The van der Waals surface area contributed by atoms with E-state index in [4.69, 9.17) is 16.3 Å². The lowest BCUT2D eigenvalue weighted by molar-refractivity contribution is -0.123. The number of nitrogens with zero attached hydrogens (tertiary/aromatic N) is 1. The Hall–Kier alpha value is -1.83. The summed E-state index contributed by atoms with van der Waals surface area (Å²) in [5.41, 5.74) is 0.850. The van der Waals surface area contributed by atoms with Crippen molar-refractivity contribution in [3.05, 3.63) is 67.7 Å². The van der Waals surface area contributed by atoms with Crippen molar-refractivity contribution in [1.29, 1.82) is 0 Å². The molecule has 28 heavy (non-hydrogen) atoms. The molecule has 1 aliphatic rings. The number of rotatable bonds is 5. The van der Waals surface area contributed by atoms with Crippen molar-refractivity contribution in [1.82, 2.24) is 4.90 Å². The van der Waals surface area contributed by atoms with Crippen LogP contribution in [0.15, 0.2) is 45.8 Å². The fraction of sp³-hybridized carbons (Fsp3) is 0.200. The smallest absolute Gasteiger partial charge is 0.293 e. The molecule has 1 fully saturated rings. The Morgan fingerprint density at radius 1 is 1.29 bits per heavy atom. The summed E-state index contributed by atoms with van der Waals surface area (Å²) >= 11 is 10.3. The molecule has 0 saturated carbocycles. The van der Waals surface area contributed by atoms with Crippen LogP contribution in [0, 0.1) is 5.82 Å². The van der Waals surface area contributed by atoms with E-state index in [1.165, 1.54) is 18.2 Å². The van der Waals surface area contributed by atoms with Gasteiger partial charge < -0.3 is 4.74 Å². The molecule has 146 valence electrons. The van der Waals surface area contributed by atoms with Crippen LogP contribution in [0.4, 0.5) is 9.18 Å². The number of carbonyl (C=O) groups is 2. The highest BCUT2D eigenvalue weighted by Crippen LogP contribution is 2.35. The first kappa shape index (κ1) is 20.9. The van der Waals surface area contributed by atoms with Gasteiger partial charge in [0, 0.05) is 10.6 Å². The normalized spacial score (nSPS) is 15.8. The van der Waals surface area contributed by atoms with E-state index in [0.717, 1.165) is 26.7 Å². The molecule has 4 nitrogen and oxygen atoms in total. The van der Waals surface area contributed by atoms with Gasteiger partial charge in [0.2, 0.25) is 0 Å². The average Bonchev–Trinajstić information content (AvgIpc) is 2.87. The second-order valence-corrected chi connectivity index (χ2v) is 8.58. The van der Waals surface area contributed by atoms with Crippen LogP contribution in [-0.4, -0.2) is 22.2 Å². The zero-order chi connectivity index (χ0) is 20.4. The minimum Gasteiger partial charge on any atom is -0.490 e. The van der Waals surface area contributed by atoms with Gasteiger partial charge in [-0.3, -0.25) is 14.5 Å². The number of amides is 2. The zero-order valence-corrected chi connectivity index (χ0v) is 18.2. The molecule has 0 unspecified atom stereocenters. The fourth-order valence-corrected chi connectivity index (χ4v) is 4.14. The maximum atomic E-state index is 14.0. The van der Waals surface area contributed by atoms with Crippen LogP contribution < -0.4 is 4.74 Å². The number of carbonyl (C=O) groups excluding carboxylic acids is 2. The molecule has 1 aliphatic heterocycles. The van der Waals surface area contributed by atoms with Crippen molar-refractivity contribution >= 4 is 56.5 Å². The van der Waals surface area contributed by atoms with Gasteiger partial charge >= 0.3 is 0 Å². The van der Waals surface area contributed by atoms with Gasteiger partial charge in [-0.2, -0.15) is 0 Å². The monoisotopic (exact) mass is 483 g/mol. The van der Waals surface area contributed by atoms with Gasteiger partial charge in [0.25, 0.3) is 11.1 Å². The van der Waals surface area contributed by atoms with Gasteiger partial charge in [-0.1, -0.05) is 23.7 Å². The third kappa shape index (κ3) is 4.59. The SMILES string of the molecule is CC(C)Oc1ccc(/C=C2\SC(=O)N(Cc3c(F)cccc3Cl)C2=O)cc1Br. The van der Waals surface area contributed by atoms with E-state index in [2.05, 4.69) is 15.9 Å². The molecule has 0 spiro atoms. The van der Waals surface area contributed by atoms with E-state index < -0.39 is 17.0 Å². The van der Waals surface area contributed by atoms with Crippen LogP contribution in [0.2, 0.25) is 5.02 Å². The average molecular weight is 485 g/mol. The molecule has 0 aliphatic carbocycles. The third-order valence-electron chi connectivity index (χ3n) is 3.87. The lowest BCUT2D eigenvalue weighted by Crippen LogP contribution is -2.28. The van der Waals surface area contributed by atoms with Gasteiger partial charge in [0.05, 0.1) is 22.0 Å². The summed E-state index contributed by atoms with van der Waals surface area (Å²) in [6.07, 6.45) is 1.65. The molecule has 2 aromatic rings. The van der Waals surface area contributed by atoms with E-state index >= 15 is 0 Å². The summed E-state index contributed by atoms with van der Waals surface area (Å²) in [4.78, 5) is 26.2. The van der Waals surface area contributed by atoms with E-state index in [1.807, 2.05) is 13.8 Å². The predicted molar refractivity (Wildman–Crippen MR) is 113 cm³/mol. The lowest BCUT2D eigenvalue weighted by Gasteiger charge is -2.14. The molecule has 0 bridgehead atoms. The van der Waals surface area contributed by atoms with Crippen LogP contribution in [0.25, 0.3) is 6.08 Å². The van der Waals surface area contributed by atoms with Gasteiger partial charge in [0.15, 0.2) is 0 Å². The highest BCUT2D eigenvalue weighted by Gasteiger charge is 2.35. The Balaban J connectivity index is 1.82. The van der Waals surface area contributed by atoms with Gasteiger partial charge in [-0.25, -0.2) is 4.39 Å². The number of ether oxygens (including phenoxy) is 1. The van der Waals surface area contributed by atoms with Gasteiger partial charge in [-0.05, 0) is 77.4 Å². The van der Waals surface area contributed by atoms with E-state index in [9.17, 15) is 14.0 Å². The minimum atomic E-state index is -0.555. The molecule has 2 amide bonds. The van der Waals surface area contributed by atoms with Crippen molar-refractivity contribution in [2.24, 2.45) is 0 Å². The standard InChI is InChI=1S/C20H16BrClFNO3S/c1-11(2)27-17-7-6-12(8-14(17)21)9-18-19(25)24(20(26)28-18)10-13-15(22)4-3-5-16(13)23/h3-9,11H,10H2,1-2H3/b18-9-. The second kappa shape index (κ2) is 8.68. The maximum absolute atomic E-state index is 14.0. The predicted octanol–water partition coefficient (Wildman–Crippen LogP) is 6.27. The Labute approximate surface area is 179 Å². The minimum absolute atomic E-state index is 0.0313. The molecule has 0 radical (unpaired) electrons. The van der Waals surface area contributed by atoms with Crippen LogP contribution in [0.3, 0.4) is 0 Å². The summed E-state index contributed by atoms with van der Waals surface area (Å²) in [5.74, 6) is -0.345. The van der Waals surface area contributed by atoms with Crippen molar-refractivity contribution in [3.63, 3.8) is 0 Å². The molecule has 0 aromatic heterocycles. The fourth-order valence-electron chi connectivity index (χ4n) is 2.59.